The molecule has 1 fully saturated rings. The van der Waals surface area contributed by atoms with Gasteiger partial charge in [0.25, 0.3) is 0 Å². The van der Waals surface area contributed by atoms with E-state index >= 15 is 0 Å². The molecule has 1 aliphatic heterocycles. The molecule has 1 aliphatic carbocycles. The predicted octanol–water partition coefficient (Wildman–Crippen LogP) is 8.80. The fourth-order valence-electron chi connectivity index (χ4n) is 7.12. The van der Waals surface area contributed by atoms with E-state index in [1.54, 1.807) is 53.7 Å². The fraction of sp³-hybridized carbons (Fsp3) is 0.422. The highest BCUT2D eigenvalue weighted by Crippen LogP contribution is 2.40. The SMILES string of the molecule is Cc1cc(OC(=O)OC(C)(C)C)cc(C)c1C[C@H](NC(=O)OC(C)(C)C)C(=O)N[C@@H]1CCN(C(=O)C2CC2)c2ccc(Cc3ccc4ccccc4c3)cc21. The Kier molecular flexibility index (Phi) is 11.3. The highest BCUT2D eigenvalue weighted by molar-refractivity contribution is 5.98. The quantitative estimate of drug-likeness (QED) is 0.130. The van der Waals surface area contributed by atoms with Crippen molar-refractivity contribution < 1.29 is 33.4 Å². The number of carbonyl (C=O) groups excluding carboxylic acids is 4. The smallest absolute Gasteiger partial charge is 0.444 e. The highest BCUT2D eigenvalue weighted by Gasteiger charge is 2.38. The molecule has 10 heteroatoms. The van der Waals surface area contributed by atoms with E-state index in [2.05, 4.69) is 53.1 Å². The highest BCUT2D eigenvalue weighted by atomic mass is 16.7. The van der Waals surface area contributed by atoms with E-state index in [1.807, 2.05) is 36.9 Å². The number of carbonyl (C=O) groups is 4. The minimum atomic E-state index is -1.000. The predicted molar refractivity (Wildman–Crippen MR) is 213 cm³/mol. The number of ether oxygens (including phenoxy) is 3. The Morgan fingerprint density at radius 2 is 1.42 bits per heavy atom. The summed E-state index contributed by atoms with van der Waals surface area (Å²) in [6, 6.07) is 22.9. The van der Waals surface area contributed by atoms with Crippen molar-refractivity contribution in [2.75, 3.05) is 11.4 Å². The number of nitrogens with one attached hydrogen (secondary N) is 2. The van der Waals surface area contributed by atoms with Gasteiger partial charge in [-0.2, -0.15) is 0 Å². The van der Waals surface area contributed by atoms with Crippen LogP contribution in [0.3, 0.4) is 0 Å². The first-order valence-corrected chi connectivity index (χ1v) is 19.1. The van der Waals surface area contributed by atoms with Crippen LogP contribution in [0.15, 0.2) is 72.8 Å². The number of hydrogen-bond donors (Lipinski definition) is 2. The number of rotatable bonds is 9. The molecule has 2 atom stereocenters. The lowest BCUT2D eigenvalue weighted by Crippen LogP contribution is -2.51. The molecule has 2 aliphatic rings. The Morgan fingerprint density at radius 3 is 2.07 bits per heavy atom. The zero-order chi connectivity index (χ0) is 39.7. The Morgan fingerprint density at radius 1 is 0.782 bits per heavy atom. The lowest BCUT2D eigenvalue weighted by Gasteiger charge is -2.36. The van der Waals surface area contributed by atoms with Crippen molar-refractivity contribution in [1.29, 1.82) is 0 Å². The van der Waals surface area contributed by atoms with Gasteiger partial charge in [-0.15, -0.1) is 0 Å². The van der Waals surface area contributed by atoms with E-state index < -0.39 is 35.5 Å². The zero-order valence-corrected chi connectivity index (χ0v) is 33.2. The first kappa shape index (κ1) is 39.3. The molecule has 0 radical (unpaired) electrons. The number of aryl methyl sites for hydroxylation is 2. The van der Waals surface area contributed by atoms with Crippen molar-refractivity contribution in [3.05, 3.63) is 106 Å². The first-order valence-electron chi connectivity index (χ1n) is 19.1. The second-order valence-corrected chi connectivity index (χ2v) is 16.9. The average Bonchev–Trinajstić information content (AvgIpc) is 3.93. The summed E-state index contributed by atoms with van der Waals surface area (Å²) in [5.41, 5.74) is 4.79. The molecule has 6 rings (SSSR count). The van der Waals surface area contributed by atoms with Gasteiger partial charge in [0, 0.05) is 24.6 Å². The molecule has 1 saturated carbocycles. The van der Waals surface area contributed by atoms with Crippen LogP contribution in [0.5, 0.6) is 5.75 Å². The van der Waals surface area contributed by atoms with E-state index in [-0.39, 0.29) is 24.2 Å². The van der Waals surface area contributed by atoms with Crippen molar-refractivity contribution in [2.45, 2.75) is 111 Å². The second-order valence-electron chi connectivity index (χ2n) is 16.9. The van der Waals surface area contributed by atoms with Crippen molar-refractivity contribution in [3.8, 4) is 5.75 Å². The maximum Gasteiger partial charge on any atom is 0.514 e. The third kappa shape index (κ3) is 10.2. The summed E-state index contributed by atoms with van der Waals surface area (Å²) in [7, 11) is 0. The number of fused-ring (bicyclic) bond motifs is 2. The molecule has 1 heterocycles. The van der Waals surface area contributed by atoms with Gasteiger partial charge in [0.2, 0.25) is 11.8 Å². The van der Waals surface area contributed by atoms with Gasteiger partial charge in [-0.1, -0.05) is 54.6 Å². The van der Waals surface area contributed by atoms with Crippen molar-refractivity contribution in [3.63, 3.8) is 0 Å². The van der Waals surface area contributed by atoms with E-state index in [0.717, 1.165) is 51.9 Å². The fourth-order valence-corrected chi connectivity index (χ4v) is 7.12. The van der Waals surface area contributed by atoms with E-state index in [1.165, 1.54) is 10.8 Å². The topological polar surface area (TPSA) is 123 Å². The number of alkyl carbamates (subject to hydrolysis) is 1. The van der Waals surface area contributed by atoms with Gasteiger partial charge in [0.15, 0.2) is 0 Å². The third-order valence-corrected chi connectivity index (χ3v) is 9.81. The van der Waals surface area contributed by atoms with Gasteiger partial charge in [-0.25, -0.2) is 9.59 Å². The molecule has 0 spiro atoms. The van der Waals surface area contributed by atoms with Crippen LogP contribution in [-0.2, 0) is 31.9 Å². The number of nitrogens with zero attached hydrogens (tertiary/aromatic N) is 1. The normalized spacial score (nSPS) is 16.1. The van der Waals surface area contributed by atoms with Crippen LogP contribution in [0, 0.1) is 19.8 Å². The van der Waals surface area contributed by atoms with Gasteiger partial charge in [-0.3, -0.25) is 9.59 Å². The second kappa shape index (κ2) is 15.8. The van der Waals surface area contributed by atoms with Crippen molar-refractivity contribution >= 4 is 40.5 Å². The average molecular weight is 748 g/mol. The van der Waals surface area contributed by atoms with Crippen LogP contribution in [-0.4, -0.2) is 47.9 Å². The molecule has 0 unspecified atom stereocenters. The minimum Gasteiger partial charge on any atom is -0.444 e. The summed E-state index contributed by atoms with van der Waals surface area (Å²) in [5, 5.41) is 8.43. The van der Waals surface area contributed by atoms with E-state index in [9.17, 15) is 19.2 Å². The Labute approximate surface area is 323 Å². The Bertz CT molecular complexity index is 2080. The summed E-state index contributed by atoms with van der Waals surface area (Å²) in [6.07, 6.45) is 1.63. The van der Waals surface area contributed by atoms with Crippen molar-refractivity contribution in [2.24, 2.45) is 5.92 Å². The van der Waals surface area contributed by atoms with Crippen LogP contribution in [0.2, 0.25) is 0 Å². The van der Waals surface area contributed by atoms with Gasteiger partial charge >= 0.3 is 12.2 Å². The number of benzene rings is 4. The summed E-state index contributed by atoms with van der Waals surface area (Å²) < 4.78 is 16.4. The summed E-state index contributed by atoms with van der Waals surface area (Å²) in [4.78, 5) is 55.3. The zero-order valence-electron chi connectivity index (χ0n) is 33.2. The van der Waals surface area contributed by atoms with Crippen LogP contribution < -0.4 is 20.3 Å². The number of anilines is 1. The minimum absolute atomic E-state index is 0.0473. The standard InChI is InChI=1S/C45H53N3O7/c1-27-21-34(53-43(52)55-45(6,7)8)22-28(2)35(27)26-38(47-42(51)54-44(3,4)5)40(49)46-37-19-20-48(41(50)32-16-17-32)39-18-14-30(25-36(37)39)23-29-13-15-31-11-9-10-12-33(31)24-29/h9-15,18,21-22,24-25,32,37-38H,16-17,19-20,23,26H2,1-8H3,(H,46,49)(H,47,51)/t37-,38+/m1/s1. The molecule has 4 aromatic carbocycles. The largest absolute Gasteiger partial charge is 0.514 e. The van der Waals surface area contributed by atoms with Gasteiger partial charge in [0.05, 0.1) is 6.04 Å². The Hall–Kier alpha value is -5.38. The molecule has 3 amide bonds. The van der Waals surface area contributed by atoms with E-state index in [4.69, 9.17) is 14.2 Å². The van der Waals surface area contributed by atoms with Gasteiger partial charge in [-0.05, 0) is 143 Å². The maximum atomic E-state index is 14.4. The van der Waals surface area contributed by atoms with Crippen LogP contribution >= 0.6 is 0 Å². The van der Waals surface area contributed by atoms with Crippen LogP contribution in [0.1, 0.15) is 100 Å². The molecule has 0 bridgehead atoms. The lowest BCUT2D eigenvalue weighted by atomic mass is 9.91. The van der Waals surface area contributed by atoms with Crippen LogP contribution in [0.25, 0.3) is 10.8 Å². The lowest BCUT2D eigenvalue weighted by molar-refractivity contribution is -0.124. The number of hydrogen-bond acceptors (Lipinski definition) is 7. The van der Waals surface area contributed by atoms with Gasteiger partial charge in [0.1, 0.15) is 23.0 Å². The first-order chi connectivity index (χ1) is 25.9. The van der Waals surface area contributed by atoms with Crippen LogP contribution in [0.4, 0.5) is 15.3 Å². The molecular formula is C45H53N3O7. The third-order valence-electron chi connectivity index (χ3n) is 9.81. The molecule has 55 heavy (non-hydrogen) atoms. The molecule has 4 aromatic rings. The molecule has 10 nitrogen and oxygen atoms in total. The molecule has 0 saturated heterocycles. The molecule has 2 N–H and O–H groups in total. The summed E-state index contributed by atoms with van der Waals surface area (Å²) in [6.45, 7) is 14.8. The van der Waals surface area contributed by atoms with Crippen molar-refractivity contribution in [1.82, 2.24) is 10.6 Å². The summed E-state index contributed by atoms with van der Waals surface area (Å²) in [5.74, 6) is 0.114. The molecular weight excluding hydrogens is 695 g/mol. The van der Waals surface area contributed by atoms with E-state index in [0.29, 0.717) is 25.1 Å². The molecule has 0 aromatic heterocycles. The Balaban J connectivity index is 1.27. The van der Waals surface area contributed by atoms with Gasteiger partial charge < -0.3 is 29.7 Å². The maximum absolute atomic E-state index is 14.4. The monoisotopic (exact) mass is 747 g/mol. The number of amides is 3. The summed E-state index contributed by atoms with van der Waals surface area (Å²) >= 11 is 0. The molecule has 290 valence electrons.